The second-order valence-electron chi connectivity index (χ2n) is 3.54. The topological polar surface area (TPSA) is 46.3 Å². The van der Waals surface area contributed by atoms with E-state index >= 15 is 0 Å². The van der Waals surface area contributed by atoms with E-state index in [1.807, 2.05) is 19.9 Å². The van der Waals surface area contributed by atoms with Crippen molar-refractivity contribution in [3.63, 3.8) is 0 Å². The van der Waals surface area contributed by atoms with Crippen LogP contribution in [0.1, 0.15) is 29.4 Å². The molecule has 3 nitrogen and oxygen atoms in total. The quantitative estimate of drug-likeness (QED) is 0.851. The van der Waals surface area contributed by atoms with Crippen LogP contribution >= 0.6 is 11.3 Å². The van der Waals surface area contributed by atoms with Crippen LogP contribution in [0.3, 0.4) is 0 Å². The summed E-state index contributed by atoms with van der Waals surface area (Å²) in [7, 11) is 0. The lowest BCUT2D eigenvalue weighted by Gasteiger charge is -1.98. The summed E-state index contributed by atoms with van der Waals surface area (Å²) >= 11 is 1.52. The number of aliphatic hydroxyl groups is 1. The van der Waals surface area contributed by atoms with Gasteiger partial charge in [-0.3, -0.25) is 0 Å². The molecular weight excluding hydrogens is 210 g/mol. The van der Waals surface area contributed by atoms with Crippen molar-refractivity contribution in [2.75, 3.05) is 0 Å². The largest absolute Gasteiger partial charge is 0.469 e. The Balaban J connectivity index is 2.47. The Morgan fingerprint density at radius 2 is 2.20 bits per heavy atom. The van der Waals surface area contributed by atoms with Gasteiger partial charge in [0.05, 0.1) is 28.5 Å². The Morgan fingerprint density at radius 1 is 1.47 bits per heavy atom. The highest BCUT2D eigenvalue weighted by Gasteiger charge is 2.15. The SMILES string of the molecule is Cc1nc(-c2ccoc2C)sc1C(C)O. The molecule has 80 valence electrons. The standard InChI is InChI=1S/C11H13NO2S/c1-6-10(7(2)13)15-11(12-6)9-4-5-14-8(9)3/h4-5,7,13H,1-3H3. The lowest BCUT2D eigenvalue weighted by Crippen LogP contribution is -1.88. The van der Waals surface area contributed by atoms with Crippen molar-refractivity contribution < 1.29 is 9.52 Å². The fourth-order valence-electron chi connectivity index (χ4n) is 1.52. The van der Waals surface area contributed by atoms with Crippen molar-refractivity contribution >= 4 is 11.3 Å². The van der Waals surface area contributed by atoms with Gasteiger partial charge >= 0.3 is 0 Å². The number of aliphatic hydroxyl groups excluding tert-OH is 1. The molecule has 2 rings (SSSR count). The van der Waals surface area contributed by atoms with Crippen LogP contribution in [-0.4, -0.2) is 10.1 Å². The number of hydrogen-bond donors (Lipinski definition) is 1. The van der Waals surface area contributed by atoms with Gasteiger partial charge in [-0.15, -0.1) is 11.3 Å². The van der Waals surface area contributed by atoms with Crippen LogP contribution in [0.5, 0.6) is 0 Å². The second kappa shape index (κ2) is 3.79. The molecule has 0 aliphatic carbocycles. The normalized spacial score (nSPS) is 13.1. The van der Waals surface area contributed by atoms with Gasteiger partial charge in [-0.2, -0.15) is 0 Å². The molecule has 15 heavy (non-hydrogen) atoms. The lowest BCUT2D eigenvalue weighted by atomic mass is 10.2. The van der Waals surface area contributed by atoms with Gasteiger partial charge in [-0.1, -0.05) is 0 Å². The Bertz CT molecular complexity index is 471. The van der Waals surface area contributed by atoms with Crippen molar-refractivity contribution in [2.24, 2.45) is 0 Å². The molecular formula is C11H13NO2S. The summed E-state index contributed by atoms with van der Waals surface area (Å²) in [6, 6.07) is 1.90. The van der Waals surface area contributed by atoms with Crippen molar-refractivity contribution in [3.8, 4) is 10.6 Å². The third kappa shape index (κ3) is 1.82. The number of furan rings is 1. The van der Waals surface area contributed by atoms with E-state index < -0.39 is 6.10 Å². The number of nitrogens with zero attached hydrogens (tertiary/aromatic N) is 1. The van der Waals surface area contributed by atoms with E-state index in [9.17, 15) is 5.11 Å². The molecule has 0 aliphatic rings. The van der Waals surface area contributed by atoms with Crippen LogP contribution < -0.4 is 0 Å². The van der Waals surface area contributed by atoms with Crippen LogP contribution in [0.15, 0.2) is 16.7 Å². The molecule has 0 aromatic carbocycles. The van der Waals surface area contributed by atoms with Crippen LogP contribution in [0, 0.1) is 13.8 Å². The average molecular weight is 223 g/mol. The van der Waals surface area contributed by atoms with E-state index in [0.29, 0.717) is 0 Å². The molecule has 2 aromatic heterocycles. The predicted molar refractivity (Wildman–Crippen MR) is 59.9 cm³/mol. The van der Waals surface area contributed by atoms with Gasteiger partial charge in [-0.05, 0) is 26.8 Å². The molecule has 0 bridgehead atoms. The molecule has 0 saturated carbocycles. The number of aromatic nitrogens is 1. The lowest BCUT2D eigenvalue weighted by molar-refractivity contribution is 0.202. The van der Waals surface area contributed by atoms with Crippen LogP contribution in [0.2, 0.25) is 0 Å². The molecule has 0 fully saturated rings. The molecule has 0 spiro atoms. The first-order chi connectivity index (χ1) is 7.09. The fourth-order valence-corrected chi connectivity index (χ4v) is 2.59. The molecule has 1 unspecified atom stereocenters. The van der Waals surface area contributed by atoms with Crippen LogP contribution in [-0.2, 0) is 0 Å². The van der Waals surface area contributed by atoms with Gasteiger partial charge in [0.2, 0.25) is 0 Å². The summed E-state index contributed by atoms with van der Waals surface area (Å²) in [6.45, 7) is 5.58. The van der Waals surface area contributed by atoms with Gasteiger partial charge in [0, 0.05) is 0 Å². The monoisotopic (exact) mass is 223 g/mol. The Labute approximate surface area is 92.4 Å². The summed E-state index contributed by atoms with van der Waals surface area (Å²) in [5.74, 6) is 0.862. The molecule has 0 aliphatic heterocycles. The van der Waals surface area contributed by atoms with E-state index in [0.717, 1.165) is 26.9 Å². The Morgan fingerprint density at radius 3 is 2.67 bits per heavy atom. The van der Waals surface area contributed by atoms with Gasteiger partial charge in [0.15, 0.2) is 0 Å². The zero-order chi connectivity index (χ0) is 11.0. The summed E-state index contributed by atoms with van der Waals surface area (Å²) in [6.07, 6.45) is 1.20. The van der Waals surface area contributed by atoms with E-state index in [1.54, 1.807) is 13.2 Å². The molecule has 0 saturated heterocycles. The maximum Gasteiger partial charge on any atom is 0.127 e. The van der Waals surface area contributed by atoms with Crippen LogP contribution in [0.4, 0.5) is 0 Å². The fraction of sp³-hybridized carbons (Fsp3) is 0.364. The number of aryl methyl sites for hydroxylation is 2. The van der Waals surface area contributed by atoms with Crippen molar-refractivity contribution in [3.05, 3.63) is 28.7 Å². The zero-order valence-corrected chi connectivity index (χ0v) is 9.76. The van der Waals surface area contributed by atoms with E-state index in [-0.39, 0.29) is 0 Å². The highest BCUT2D eigenvalue weighted by Crippen LogP contribution is 2.33. The second-order valence-corrected chi connectivity index (χ2v) is 4.57. The number of thiazole rings is 1. The third-order valence-electron chi connectivity index (χ3n) is 2.30. The minimum Gasteiger partial charge on any atom is -0.469 e. The summed E-state index contributed by atoms with van der Waals surface area (Å²) in [4.78, 5) is 5.36. The van der Waals surface area contributed by atoms with Crippen molar-refractivity contribution in [1.82, 2.24) is 4.98 Å². The molecule has 1 N–H and O–H groups in total. The van der Waals surface area contributed by atoms with Gasteiger partial charge < -0.3 is 9.52 Å². The van der Waals surface area contributed by atoms with Gasteiger partial charge in [-0.25, -0.2) is 4.98 Å². The molecule has 0 amide bonds. The van der Waals surface area contributed by atoms with Crippen molar-refractivity contribution in [2.45, 2.75) is 26.9 Å². The van der Waals surface area contributed by atoms with Crippen LogP contribution in [0.25, 0.3) is 10.6 Å². The molecule has 0 radical (unpaired) electrons. The first-order valence-electron chi connectivity index (χ1n) is 4.79. The minimum absolute atomic E-state index is 0.455. The number of hydrogen-bond acceptors (Lipinski definition) is 4. The summed E-state index contributed by atoms with van der Waals surface area (Å²) in [5.41, 5.74) is 1.90. The summed E-state index contributed by atoms with van der Waals surface area (Å²) < 4.78 is 5.23. The maximum absolute atomic E-state index is 9.53. The maximum atomic E-state index is 9.53. The van der Waals surface area contributed by atoms with E-state index in [2.05, 4.69) is 4.98 Å². The molecule has 2 aromatic rings. The summed E-state index contributed by atoms with van der Waals surface area (Å²) in [5, 5.41) is 10.4. The van der Waals surface area contributed by atoms with E-state index in [4.69, 9.17) is 4.42 Å². The predicted octanol–water partition coefficient (Wildman–Crippen LogP) is 3.07. The minimum atomic E-state index is -0.455. The molecule has 1 atom stereocenters. The molecule has 4 heteroatoms. The highest BCUT2D eigenvalue weighted by molar-refractivity contribution is 7.15. The number of rotatable bonds is 2. The Hall–Kier alpha value is -1.13. The van der Waals surface area contributed by atoms with Gasteiger partial charge in [0.1, 0.15) is 10.8 Å². The Kier molecular flexibility index (Phi) is 2.63. The average Bonchev–Trinajstić information content (AvgIpc) is 2.71. The first kappa shape index (κ1) is 10.4. The smallest absolute Gasteiger partial charge is 0.127 e. The highest BCUT2D eigenvalue weighted by atomic mass is 32.1. The third-order valence-corrected chi connectivity index (χ3v) is 3.66. The van der Waals surface area contributed by atoms with E-state index in [1.165, 1.54) is 11.3 Å². The zero-order valence-electron chi connectivity index (χ0n) is 8.94. The van der Waals surface area contributed by atoms with Gasteiger partial charge in [0.25, 0.3) is 0 Å². The van der Waals surface area contributed by atoms with Crippen molar-refractivity contribution in [1.29, 1.82) is 0 Å². The first-order valence-corrected chi connectivity index (χ1v) is 5.61. The molecule has 2 heterocycles.